The number of aryl methyl sites for hydroxylation is 1. The number of carbonyl (C=O) groups excluding carboxylic acids is 1. The molecule has 3 aromatic heterocycles. The molecular weight excluding hydrogens is 402 g/mol. The summed E-state index contributed by atoms with van der Waals surface area (Å²) in [5.41, 5.74) is 10.7. The molecule has 5 rings (SSSR count). The van der Waals surface area contributed by atoms with Crippen LogP contribution in [0.3, 0.4) is 0 Å². The van der Waals surface area contributed by atoms with Gasteiger partial charge in [-0.1, -0.05) is 26.8 Å². The summed E-state index contributed by atoms with van der Waals surface area (Å²) >= 11 is 0. The third-order valence-electron chi connectivity index (χ3n) is 6.68. The fourth-order valence-electron chi connectivity index (χ4n) is 4.32. The molecule has 1 saturated carbocycles. The summed E-state index contributed by atoms with van der Waals surface area (Å²) in [5.74, 6) is 1.26. The third-order valence-corrected chi connectivity index (χ3v) is 6.68. The number of nitrogens with zero attached hydrogens (tertiary/aromatic N) is 6. The Morgan fingerprint density at radius 1 is 1.22 bits per heavy atom. The van der Waals surface area contributed by atoms with Gasteiger partial charge in [0.05, 0.1) is 12.2 Å². The Morgan fingerprint density at radius 3 is 2.75 bits per heavy atom. The molecule has 1 amide bonds. The fraction of sp³-hybridized carbons (Fsp3) is 0.458. The zero-order chi connectivity index (χ0) is 22.5. The van der Waals surface area contributed by atoms with E-state index in [1.54, 1.807) is 11.2 Å². The van der Waals surface area contributed by atoms with Crippen LogP contribution in [0.1, 0.15) is 79.8 Å². The molecule has 1 atom stereocenters. The number of hydrogen-bond acceptors (Lipinski definition) is 6. The minimum absolute atomic E-state index is 0.0443. The highest BCUT2D eigenvalue weighted by Crippen LogP contribution is 2.48. The summed E-state index contributed by atoms with van der Waals surface area (Å²) in [7, 11) is 0. The predicted octanol–water partition coefficient (Wildman–Crippen LogP) is 3.77. The number of nitrogens with two attached hydrogens (primary N) is 1. The Labute approximate surface area is 187 Å². The monoisotopic (exact) mass is 431 g/mol. The largest absolute Gasteiger partial charge is 0.323 e. The molecule has 2 aliphatic rings. The first-order valence-electron chi connectivity index (χ1n) is 11.4. The molecule has 0 bridgehead atoms. The predicted molar refractivity (Wildman–Crippen MR) is 122 cm³/mol. The highest BCUT2D eigenvalue weighted by Gasteiger charge is 2.43. The van der Waals surface area contributed by atoms with Crippen LogP contribution in [0.5, 0.6) is 0 Å². The maximum absolute atomic E-state index is 13.5. The van der Waals surface area contributed by atoms with E-state index >= 15 is 0 Å². The summed E-state index contributed by atoms with van der Waals surface area (Å²) < 4.78 is 1.98. The zero-order valence-electron chi connectivity index (χ0n) is 18.9. The molecule has 2 N–H and O–H groups in total. The smallest absolute Gasteiger partial charge is 0.260 e. The van der Waals surface area contributed by atoms with Crippen LogP contribution in [0.2, 0.25) is 0 Å². The minimum atomic E-state index is -0.189. The number of rotatable bonds is 7. The highest BCUT2D eigenvalue weighted by atomic mass is 16.2. The van der Waals surface area contributed by atoms with Gasteiger partial charge in [-0.15, -0.1) is 10.2 Å². The lowest BCUT2D eigenvalue weighted by Crippen LogP contribution is -2.24. The van der Waals surface area contributed by atoms with Gasteiger partial charge in [0.1, 0.15) is 17.8 Å². The van der Waals surface area contributed by atoms with Gasteiger partial charge < -0.3 is 10.3 Å². The van der Waals surface area contributed by atoms with Crippen LogP contribution in [0.4, 0.5) is 5.82 Å². The van der Waals surface area contributed by atoms with E-state index in [0.29, 0.717) is 29.4 Å². The van der Waals surface area contributed by atoms with Crippen molar-refractivity contribution in [3.05, 3.63) is 53.1 Å². The van der Waals surface area contributed by atoms with Crippen LogP contribution in [0.15, 0.2) is 30.6 Å². The van der Waals surface area contributed by atoms with E-state index in [4.69, 9.17) is 15.7 Å². The fourth-order valence-corrected chi connectivity index (χ4v) is 4.32. The van der Waals surface area contributed by atoms with Crippen LogP contribution < -0.4 is 10.6 Å². The van der Waals surface area contributed by atoms with Crippen molar-refractivity contribution in [1.82, 2.24) is 24.7 Å². The number of hydrogen-bond donors (Lipinski definition) is 1. The molecule has 4 heterocycles. The Kier molecular flexibility index (Phi) is 5.04. The van der Waals surface area contributed by atoms with E-state index in [1.165, 1.54) is 0 Å². The molecule has 0 saturated heterocycles. The van der Waals surface area contributed by atoms with E-state index < -0.39 is 0 Å². The topological polar surface area (TPSA) is 103 Å². The lowest BCUT2D eigenvalue weighted by Gasteiger charge is -2.17. The van der Waals surface area contributed by atoms with E-state index in [-0.39, 0.29) is 17.4 Å². The van der Waals surface area contributed by atoms with Gasteiger partial charge in [-0.2, -0.15) is 0 Å². The molecular formula is C24H29N7O. The molecule has 1 aliphatic heterocycles. The highest BCUT2D eigenvalue weighted by molar-refractivity contribution is 6.10. The lowest BCUT2D eigenvalue weighted by atomic mass is 9.96. The second-order valence-electron chi connectivity index (χ2n) is 9.11. The molecule has 0 aromatic carbocycles. The molecule has 3 aromatic rings. The van der Waals surface area contributed by atoms with Crippen molar-refractivity contribution >= 4 is 11.7 Å². The molecule has 8 nitrogen and oxygen atoms in total. The summed E-state index contributed by atoms with van der Waals surface area (Å²) in [6, 6.07) is 7.47. The van der Waals surface area contributed by atoms with Gasteiger partial charge in [-0.25, -0.2) is 4.98 Å². The maximum Gasteiger partial charge on any atom is 0.260 e. The number of amides is 1. The first-order valence-corrected chi connectivity index (χ1v) is 11.4. The average molecular weight is 432 g/mol. The first-order chi connectivity index (χ1) is 15.4. The Bertz CT molecular complexity index is 1180. The van der Waals surface area contributed by atoms with Crippen LogP contribution in [-0.2, 0) is 18.5 Å². The molecule has 1 fully saturated rings. The molecule has 32 heavy (non-hydrogen) atoms. The van der Waals surface area contributed by atoms with Crippen molar-refractivity contribution < 1.29 is 4.79 Å². The van der Waals surface area contributed by atoms with Gasteiger partial charge in [0.25, 0.3) is 5.91 Å². The minimum Gasteiger partial charge on any atom is -0.323 e. The van der Waals surface area contributed by atoms with E-state index in [1.807, 2.05) is 28.8 Å². The maximum atomic E-state index is 13.5. The van der Waals surface area contributed by atoms with Crippen molar-refractivity contribution in [2.45, 2.75) is 71.0 Å². The second kappa shape index (κ2) is 7.78. The van der Waals surface area contributed by atoms with Crippen molar-refractivity contribution in [1.29, 1.82) is 0 Å². The third kappa shape index (κ3) is 3.39. The SMILES string of the molecule is CCCn1cnnc1-c1cccc(N2Cc3c(cc(C4(C)CC4)nc3[C@@H](N)CC)C2=O)n1. The Balaban J connectivity index is 1.53. The van der Waals surface area contributed by atoms with Gasteiger partial charge in [0.2, 0.25) is 0 Å². The number of carbonyl (C=O) groups is 1. The quantitative estimate of drug-likeness (QED) is 0.611. The summed E-state index contributed by atoms with van der Waals surface area (Å²) in [4.78, 5) is 25.0. The molecule has 8 heteroatoms. The number of anilines is 1. The Morgan fingerprint density at radius 2 is 2.03 bits per heavy atom. The van der Waals surface area contributed by atoms with Gasteiger partial charge >= 0.3 is 0 Å². The van der Waals surface area contributed by atoms with Gasteiger partial charge in [0, 0.05) is 34.8 Å². The van der Waals surface area contributed by atoms with Gasteiger partial charge in [-0.3, -0.25) is 14.7 Å². The van der Waals surface area contributed by atoms with E-state index in [0.717, 1.165) is 49.2 Å². The second-order valence-corrected chi connectivity index (χ2v) is 9.11. The van der Waals surface area contributed by atoms with Crippen LogP contribution in [0, 0.1) is 0 Å². The van der Waals surface area contributed by atoms with E-state index in [2.05, 4.69) is 31.0 Å². The summed E-state index contributed by atoms with van der Waals surface area (Å²) in [6.45, 7) is 7.61. The van der Waals surface area contributed by atoms with Crippen LogP contribution in [0.25, 0.3) is 11.5 Å². The normalized spacial score (nSPS) is 17.5. The van der Waals surface area contributed by atoms with Crippen LogP contribution >= 0.6 is 0 Å². The first kappa shape index (κ1) is 20.8. The van der Waals surface area contributed by atoms with Gasteiger partial charge in [0.15, 0.2) is 5.82 Å². The average Bonchev–Trinajstić information content (AvgIpc) is 3.24. The number of fused-ring (bicyclic) bond motifs is 1. The van der Waals surface area contributed by atoms with Crippen molar-refractivity contribution in [3.63, 3.8) is 0 Å². The zero-order valence-corrected chi connectivity index (χ0v) is 18.9. The van der Waals surface area contributed by atoms with Crippen LogP contribution in [-0.4, -0.2) is 30.6 Å². The molecule has 166 valence electrons. The van der Waals surface area contributed by atoms with Crippen molar-refractivity contribution in [3.8, 4) is 11.5 Å². The summed E-state index contributed by atoms with van der Waals surface area (Å²) in [5, 5.41) is 8.29. The number of pyridine rings is 2. The van der Waals surface area contributed by atoms with E-state index in [9.17, 15) is 4.79 Å². The lowest BCUT2D eigenvalue weighted by molar-refractivity contribution is 0.0996. The number of aromatic nitrogens is 5. The van der Waals surface area contributed by atoms with Gasteiger partial charge in [-0.05, 0) is 43.9 Å². The molecule has 0 unspecified atom stereocenters. The van der Waals surface area contributed by atoms with Crippen molar-refractivity contribution in [2.75, 3.05) is 4.90 Å². The van der Waals surface area contributed by atoms with Crippen molar-refractivity contribution in [2.24, 2.45) is 5.73 Å². The molecule has 1 aliphatic carbocycles. The Hall–Kier alpha value is -3.13. The molecule has 0 spiro atoms. The molecule has 0 radical (unpaired) electrons. The summed E-state index contributed by atoms with van der Waals surface area (Å²) in [6.07, 6.45) is 5.65. The standard InChI is InChI=1S/C24H29N7O/c1-4-11-30-14-26-29-22(30)18-7-6-8-20(27-18)31-13-16-15(23(31)32)12-19(24(3)9-10-24)28-21(16)17(25)5-2/h6-8,12,14,17H,4-5,9-11,13,25H2,1-3H3/t17-/m0/s1.